The van der Waals surface area contributed by atoms with Crippen molar-refractivity contribution in [3.05, 3.63) is 0 Å². The predicted molar refractivity (Wildman–Crippen MR) is 88.9 cm³/mol. The van der Waals surface area contributed by atoms with Gasteiger partial charge in [0.15, 0.2) is 9.84 Å². The molecule has 0 aliphatic carbocycles. The minimum atomic E-state index is -3.02. The van der Waals surface area contributed by atoms with Crippen molar-refractivity contribution >= 4 is 21.6 Å². The first-order chi connectivity index (χ1) is 9.50. The standard InChI is InChI=1S/C14H30N2O2S2/c1-3-4-5-6-7-8-13(11-15)16-9-10-19-12-14(16)20(2,17)18/h13-14H,3-12,15H2,1-2H3. The lowest BCUT2D eigenvalue weighted by Crippen LogP contribution is -2.54. The van der Waals surface area contributed by atoms with Crippen molar-refractivity contribution in [2.75, 3.05) is 30.9 Å². The van der Waals surface area contributed by atoms with Crippen molar-refractivity contribution < 1.29 is 8.42 Å². The Morgan fingerprint density at radius 1 is 1.30 bits per heavy atom. The van der Waals surface area contributed by atoms with Gasteiger partial charge >= 0.3 is 0 Å². The summed E-state index contributed by atoms with van der Waals surface area (Å²) in [6.07, 6.45) is 8.58. The molecule has 20 heavy (non-hydrogen) atoms. The summed E-state index contributed by atoms with van der Waals surface area (Å²) in [4.78, 5) is 2.14. The number of nitrogens with two attached hydrogens (primary N) is 1. The summed E-state index contributed by atoms with van der Waals surface area (Å²) in [6, 6.07) is 0.220. The fourth-order valence-electron chi connectivity index (χ4n) is 2.78. The van der Waals surface area contributed by atoms with Crippen molar-refractivity contribution in [1.82, 2.24) is 4.90 Å². The van der Waals surface area contributed by atoms with Crippen LogP contribution in [0.3, 0.4) is 0 Å². The molecular formula is C14H30N2O2S2. The molecule has 2 unspecified atom stereocenters. The largest absolute Gasteiger partial charge is 0.329 e. The minimum absolute atomic E-state index is 0.220. The molecule has 4 nitrogen and oxygen atoms in total. The Balaban J connectivity index is 2.52. The SMILES string of the molecule is CCCCCCCC(CN)N1CCSCC1S(C)(=O)=O. The fourth-order valence-corrected chi connectivity index (χ4v) is 5.73. The van der Waals surface area contributed by atoms with E-state index in [1.165, 1.54) is 31.9 Å². The molecule has 0 aromatic heterocycles. The number of hydrogen-bond donors (Lipinski definition) is 1. The highest BCUT2D eigenvalue weighted by Gasteiger charge is 2.34. The quantitative estimate of drug-likeness (QED) is 0.659. The van der Waals surface area contributed by atoms with E-state index in [0.29, 0.717) is 12.3 Å². The topological polar surface area (TPSA) is 63.4 Å². The number of hydrogen-bond acceptors (Lipinski definition) is 5. The van der Waals surface area contributed by atoms with Crippen molar-refractivity contribution in [3.63, 3.8) is 0 Å². The highest BCUT2D eigenvalue weighted by Crippen LogP contribution is 2.24. The van der Waals surface area contributed by atoms with Gasteiger partial charge in [-0.2, -0.15) is 11.8 Å². The van der Waals surface area contributed by atoms with Gasteiger partial charge in [0.1, 0.15) is 5.37 Å². The number of sulfone groups is 1. The summed E-state index contributed by atoms with van der Waals surface area (Å²) in [5, 5.41) is -0.342. The Morgan fingerprint density at radius 2 is 2.00 bits per heavy atom. The van der Waals surface area contributed by atoms with Crippen LogP contribution in [-0.4, -0.2) is 55.6 Å². The third kappa shape index (κ3) is 5.92. The van der Waals surface area contributed by atoms with Gasteiger partial charge in [0.05, 0.1) is 0 Å². The second kappa shape index (κ2) is 9.28. The molecule has 0 aromatic rings. The highest BCUT2D eigenvalue weighted by molar-refractivity contribution is 8.00. The summed E-state index contributed by atoms with van der Waals surface area (Å²) in [6.45, 7) is 3.62. The first-order valence-corrected chi connectivity index (χ1v) is 10.8. The van der Waals surface area contributed by atoms with E-state index in [1.54, 1.807) is 11.8 Å². The Bertz CT molecular complexity index is 360. The van der Waals surface area contributed by atoms with Crippen molar-refractivity contribution in [2.45, 2.75) is 56.9 Å². The second-order valence-electron chi connectivity index (χ2n) is 5.69. The molecule has 6 heteroatoms. The van der Waals surface area contributed by atoms with Crippen LogP contribution in [0, 0.1) is 0 Å². The molecule has 0 radical (unpaired) electrons. The van der Waals surface area contributed by atoms with Gasteiger partial charge in [-0.25, -0.2) is 8.42 Å². The number of rotatable bonds is 9. The second-order valence-corrected chi connectivity index (χ2v) is 9.04. The summed E-state index contributed by atoms with van der Waals surface area (Å²) in [7, 11) is -3.02. The van der Waals surface area contributed by atoms with Gasteiger partial charge in [-0.05, 0) is 6.42 Å². The molecule has 0 amide bonds. The van der Waals surface area contributed by atoms with E-state index in [9.17, 15) is 8.42 Å². The van der Waals surface area contributed by atoms with E-state index in [1.807, 2.05) is 0 Å². The molecular weight excluding hydrogens is 292 g/mol. The van der Waals surface area contributed by atoms with Crippen molar-refractivity contribution in [1.29, 1.82) is 0 Å². The summed E-state index contributed by atoms with van der Waals surface area (Å²) in [5.74, 6) is 1.70. The number of unbranched alkanes of at least 4 members (excludes halogenated alkanes) is 4. The van der Waals surface area contributed by atoms with Gasteiger partial charge in [-0.1, -0.05) is 39.0 Å². The minimum Gasteiger partial charge on any atom is -0.329 e. The molecule has 1 fully saturated rings. The summed E-state index contributed by atoms with van der Waals surface area (Å²) >= 11 is 1.73. The first kappa shape index (κ1) is 18.3. The molecule has 0 bridgehead atoms. The van der Waals surface area contributed by atoms with Crippen molar-refractivity contribution in [3.8, 4) is 0 Å². The molecule has 0 spiro atoms. The molecule has 2 N–H and O–H groups in total. The van der Waals surface area contributed by atoms with Crippen LogP contribution in [0.15, 0.2) is 0 Å². The molecule has 1 saturated heterocycles. The maximum Gasteiger partial charge on any atom is 0.164 e. The van der Waals surface area contributed by atoms with Gasteiger partial charge in [0.25, 0.3) is 0 Å². The summed E-state index contributed by atoms with van der Waals surface area (Å²) in [5.41, 5.74) is 5.91. The van der Waals surface area contributed by atoms with E-state index in [2.05, 4.69) is 11.8 Å². The molecule has 120 valence electrons. The molecule has 1 aliphatic heterocycles. The van der Waals surface area contributed by atoms with Gasteiger partial charge in [0.2, 0.25) is 0 Å². The molecule has 0 aromatic carbocycles. The molecule has 0 saturated carbocycles. The lowest BCUT2D eigenvalue weighted by atomic mass is 10.1. The lowest BCUT2D eigenvalue weighted by Gasteiger charge is -2.39. The van der Waals surface area contributed by atoms with E-state index < -0.39 is 9.84 Å². The Hall–Kier alpha value is 0.220. The predicted octanol–water partition coefficient (Wildman–Crippen LogP) is 2.09. The van der Waals surface area contributed by atoms with Gasteiger partial charge < -0.3 is 5.73 Å². The molecule has 1 aliphatic rings. The zero-order valence-electron chi connectivity index (χ0n) is 12.9. The summed E-state index contributed by atoms with van der Waals surface area (Å²) < 4.78 is 23.9. The molecule has 2 atom stereocenters. The fraction of sp³-hybridized carbons (Fsp3) is 1.00. The van der Waals surface area contributed by atoms with Crippen LogP contribution in [0.5, 0.6) is 0 Å². The first-order valence-electron chi connectivity index (χ1n) is 7.73. The maximum absolute atomic E-state index is 11.9. The lowest BCUT2D eigenvalue weighted by molar-refractivity contribution is 0.183. The van der Waals surface area contributed by atoms with Crippen LogP contribution in [0.1, 0.15) is 45.4 Å². The van der Waals surface area contributed by atoms with Crippen LogP contribution in [0.2, 0.25) is 0 Å². The van der Waals surface area contributed by atoms with Gasteiger partial charge in [-0.3, -0.25) is 4.90 Å². The number of nitrogens with zero attached hydrogens (tertiary/aromatic N) is 1. The zero-order valence-corrected chi connectivity index (χ0v) is 14.5. The van der Waals surface area contributed by atoms with E-state index in [-0.39, 0.29) is 11.4 Å². The van der Waals surface area contributed by atoms with E-state index >= 15 is 0 Å². The van der Waals surface area contributed by atoms with Crippen LogP contribution < -0.4 is 5.73 Å². The van der Waals surface area contributed by atoms with E-state index in [4.69, 9.17) is 5.73 Å². The molecule has 1 rings (SSSR count). The third-order valence-electron chi connectivity index (χ3n) is 4.00. The number of thioether (sulfide) groups is 1. The highest BCUT2D eigenvalue weighted by atomic mass is 32.2. The monoisotopic (exact) mass is 322 g/mol. The average Bonchev–Trinajstić information content (AvgIpc) is 2.42. The smallest absolute Gasteiger partial charge is 0.164 e. The van der Waals surface area contributed by atoms with Crippen LogP contribution >= 0.6 is 11.8 Å². The Kier molecular flexibility index (Phi) is 8.48. The molecule has 1 heterocycles. The average molecular weight is 323 g/mol. The normalized spacial score (nSPS) is 22.9. The van der Waals surface area contributed by atoms with E-state index in [0.717, 1.165) is 25.1 Å². The van der Waals surface area contributed by atoms with Crippen LogP contribution in [0.25, 0.3) is 0 Å². The van der Waals surface area contributed by atoms with Crippen molar-refractivity contribution in [2.24, 2.45) is 5.73 Å². The maximum atomic E-state index is 11.9. The van der Waals surface area contributed by atoms with Crippen LogP contribution in [-0.2, 0) is 9.84 Å². The van der Waals surface area contributed by atoms with Gasteiger partial charge in [0, 0.05) is 36.9 Å². The Morgan fingerprint density at radius 3 is 2.60 bits per heavy atom. The zero-order chi connectivity index (χ0) is 15.0. The Labute approximate surface area is 128 Å². The van der Waals surface area contributed by atoms with Gasteiger partial charge in [-0.15, -0.1) is 0 Å². The third-order valence-corrected chi connectivity index (χ3v) is 6.66. The van der Waals surface area contributed by atoms with Crippen LogP contribution in [0.4, 0.5) is 0 Å².